The molecule has 3 rings (SSSR count). The molecule has 24 heavy (non-hydrogen) atoms. The molecule has 0 aliphatic heterocycles. The molecular formula is C17H17N3O2S2. The van der Waals surface area contributed by atoms with Crippen LogP contribution in [0.15, 0.2) is 35.7 Å². The Morgan fingerprint density at radius 2 is 2.08 bits per heavy atom. The first-order valence-electron chi connectivity index (χ1n) is 7.45. The van der Waals surface area contributed by atoms with Crippen molar-refractivity contribution in [1.82, 2.24) is 9.36 Å². The summed E-state index contributed by atoms with van der Waals surface area (Å²) in [6.45, 7) is 5.77. The molecule has 1 aromatic carbocycles. The molecule has 0 aliphatic rings. The second kappa shape index (κ2) is 7.11. The first-order chi connectivity index (χ1) is 11.5. The molecule has 0 spiro atoms. The molecule has 0 saturated carbocycles. The van der Waals surface area contributed by atoms with Gasteiger partial charge in [0.05, 0.1) is 4.88 Å². The van der Waals surface area contributed by atoms with Gasteiger partial charge in [-0.1, -0.05) is 12.1 Å². The summed E-state index contributed by atoms with van der Waals surface area (Å²) in [5, 5.41) is 5.19. The minimum Gasteiger partial charge on any atom is -0.481 e. The Morgan fingerprint density at radius 1 is 1.25 bits per heavy atom. The normalized spacial score (nSPS) is 12.0. The van der Waals surface area contributed by atoms with Crippen molar-refractivity contribution in [2.45, 2.75) is 26.9 Å². The predicted octanol–water partition coefficient (Wildman–Crippen LogP) is 4.29. The number of nitrogens with one attached hydrogen (secondary N) is 1. The summed E-state index contributed by atoms with van der Waals surface area (Å²) in [4.78, 5) is 17.6. The fourth-order valence-electron chi connectivity index (χ4n) is 2.03. The summed E-state index contributed by atoms with van der Waals surface area (Å²) in [6, 6.07) is 9.67. The average Bonchev–Trinajstić information content (AvgIpc) is 3.21. The van der Waals surface area contributed by atoms with Crippen molar-refractivity contribution in [3.8, 4) is 16.5 Å². The number of rotatable bonds is 5. The zero-order valence-electron chi connectivity index (χ0n) is 13.6. The van der Waals surface area contributed by atoms with Gasteiger partial charge in [-0.25, -0.2) is 0 Å². The summed E-state index contributed by atoms with van der Waals surface area (Å²) in [5.74, 6) is 1.06. The molecule has 0 fully saturated rings. The van der Waals surface area contributed by atoms with Gasteiger partial charge in [-0.3, -0.25) is 10.1 Å². The molecule has 7 heteroatoms. The van der Waals surface area contributed by atoms with Crippen molar-refractivity contribution in [1.29, 1.82) is 0 Å². The van der Waals surface area contributed by atoms with Crippen molar-refractivity contribution in [3.05, 3.63) is 46.8 Å². The molecule has 0 aliphatic carbocycles. The third-order valence-corrected chi connectivity index (χ3v) is 5.05. The maximum absolute atomic E-state index is 12.3. The predicted molar refractivity (Wildman–Crippen MR) is 97.9 cm³/mol. The van der Waals surface area contributed by atoms with E-state index in [1.54, 1.807) is 18.3 Å². The third-order valence-electron chi connectivity index (χ3n) is 3.56. The Morgan fingerprint density at radius 3 is 2.79 bits per heavy atom. The molecule has 1 N–H and O–H groups in total. The number of carbonyl (C=O) groups is 1. The summed E-state index contributed by atoms with van der Waals surface area (Å²) < 4.78 is 9.97. The van der Waals surface area contributed by atoms with Crippen LogP contribution in [0.1, 0.15) is 18.1 Å². The molecule has 124 valence electrons. The zero-order valence-corrected chi connectivity index (χ0v) is 15.2. The first kappa shape index (κ1) is 16.6. The number of carbonyl (C=O) groups excluding carboxylic acids is 1. The van der Waals surface area contributed by atoms with Gasteiger partial charge in [-0.05, 0) is 55.5 Å². The van der Waals surface area contributed by atoms with Crippen LogP contribution < -0.4 is 10.1 Å². The van der Waals surface area contributed by atoms with Gasteiger partial charge in [0.15, 0.2) is 11.9 Å². The second-order valence-corrected chi connectivity index (χ2v) is 7.10. The van der Waals surface area contributed by atoms with Gasteiger partial charge >= 0.3 is 0 Å². The lowest BCUT2D eigenvalue weighted by Gasteiger charge is -2.14. The van der Waals surface area contributed by atoms with Crippen LogP contribution in [0.4, 0.5) is 5.13 Å². The Bertz CT molecular complexity index is 843. The van der Waals surface area contributed by atoms with E-state index in [1.807, 2.05) is 49.6 Å². The molecule has 1 amide bonds. The number of anilines is 1. The highest BCUT2D eigenvalue weighted by atomic mass is 32.1. The highest BCUT2D eigenvalue weighted by molar-refractivity contribution is 7.14. The van der Waals surface area contributed by atoms with Crippen LogP contribution in [0.3, 0.4) is 0 Å². The first-order valence-corrected chi connectivity index (χ1v) is 9.10. The van der Waals surface area contributed by atoms with Crippen molar-refractivity contribution >= 4 is 33.9 Å². The lowest BCUT2D eigenvalue weighted by atomic mass is 10.1. The topological polar surface area (TPSA) is 64.1 Å². The molecular weight excluding hydrogens is 342 g/mol. The molecule has 0 radical (unpaired) electrons. The monoisotopic (exact) mass is 359 g/mol. The van der Waals surface area contributed by atoms with Crippen LogP contribution in [0.5, 0.6) is 5.75 Å². The molecule has 2 heterocycles. The van der Waals surface area contributed by atoms with E-state index in [4.69, 9.17) is 4.74 Å². The molecule has 1 atom stereocenters. The van der Waals surface area contributed by atoms with Crippen molar-refractivity contribution < 1.29 is 9.53 Å². The second-order valence-electron chi connectivity index (χ2n) is 5.40. The number of hydrogen-bond donors (Lipinski definition) is 1. The number of thiophene rings is 1. The van der Waals surface area contributed by atoms with Crippen LogP contribution in [-0.4, -0.2) is 21.4 Å². The maximum Gasteiger partial charge on any atom is 0.266 e. The number of ether oxygens (including phenoxy) is 1. The van der Waals surface area contributed by atoms with E-state index >= 15 is 0 Å². The van der Waals surface area contributed by atoms with Crippen LogP contribution >= 0.6 is 22.9 Å². The van der Waals surface area contributed by atoms with Gasteiger partial charge in [0, 0.05) is 11.5 Å². The minimum absolute atomic E-state index is 0.248. The van der Waals surface area contributed by atoms with Gasteiger partial charge in [0.2, 0.25) is 5.13 Å². The Hall–Kier alpha value is -2.25. The summed E-state index contributed by atoms with van der Waals surface area (Å²) in [6.07, 6.45) is -0.624. The van der Waals surface area contributed by atoms with E-state index in [9.17, 15) is 4.79 Å². The van der Waals surface area contributed by atoms with E-state index in [2.05, 4.69) is 14.7 Å². The van der Waals surface area contributed by atoms with Crippen LogP contribution in [0.25, 0.3) is 10.7 Å². The number of aromatic nitrogens is 2. The van der Waals surface area contributed by atoms with Gasteiger partial charge in [-0.2, -0.15) is 9.36 Å². The maximum atomic E-state index is 12.3. The SMILES string of the molecule is Cc1ccc(OC(C)C(=O)Nc2nc(-c3cccs3)ns2)cc1C. The van der Waals surface area contributed by atoms with E-state index < -0.39 is 6.10 Å². The van der Waals surface area contributed by atoms with Gasteiger partial charge in [-0.15, -0.1) is 11.3 Å². The van der Waals surface area contributed by atoms with E-state index in [1.165, 1.54) is 5.56 Å². The lowest BCUT2D eigenvalue weighted by molar-refractivity contribution is -0.122. The molecule has 0 bridgehead atoms. The zero-order chi connectivity index (χ0) is 17.1. The molecule has 5 nitrogen and oxygen atoms in total. The van der Waals surface area contributed by atoms with Crippen LogP contribution in [-0.2, 0) is 4.79 Å². The fourth-order valence-corrected chi connectivity index (χ4v) is 3.33. The standard InChI is InChI=1S/C17H17N3O2S2/c1-10-6-7-13(9-11(10)2)22-12(3)16(21)19-17-18-15(20-24-17)14-5-4-8-23-14/h4-9,12H,1-3H3,(H,18,19,20,21). The quantitative estimate of drug-likeness (QED) is 0.738. The lowest BCUT2D eigenvalue weighted by Crippen LogP contribution is -2.30. The van der Waals surface area contributed by atoms with Crippen molar-refractivity contribution in [2.24, 2.45) is 0 Å². The van der Waals surface area contributed by atoms with Crippen LogP contribution in [0, 0.1) is 13.8 Å². The smallest absolute Gasteiger partial charge is 0.266 e. The number of amides is 1. The number of hydrogen-bond acceptors (Lipinski definition) is 6. The fraction of sp³-hybridized carbons (Fsp3) is 0.235. The highest BCUT2D eigenvalue weighted by Crippen LogP contribution is 2.25. The average molecular weight is 359 g/mol. The number of aryl methyl sites for hydroxylation is 2. The van der Waals surface area contributed by atoms with E-state index in [0.717, 1.165) is 22.0 Å². The van der Waals surface area contributed by atoms with Gasteiger partial charge < -0.3 is 4.74 Å². The molecule has 2 aromatic heterocycles. The number of nitrogens with zero attached hydrogens (tertiary/aromatic N) is 2. The molecule has 1 unspecified atom stereocenters. The van der Waals surface area contributed by atoms with E-state index in [-0.39, 0.29) is 5.91 Å². The van der Waals surface area contributed by atoms with E-state index in [0.29, 0.717) is 16.7 Å². The Labute approximate surface area is 148 Å². The third kappa shape index (κ3) is 3.80. The van der Waals surface area contributed by atoms with Crippen molar-refractivity contribution in [3.63, 3.8) is 0 Å². The summed E-state index contributed by atoms with van der Waals surface area (Å²) in [5.41, 5.74) is 2.32. The van der Waals surface area contributed by atoms with Gasteiger partial charge in [0.1, 0.15) is 5.75 Å². The number of benzene rings is 1. The summed E-state index contributed by atoms with van der Waals surface area (Å²) in [7, 11) is 0. The Kier molecular flexibility index (Phi) is 4.92. The summed E-state index contributed by atoms with van der Waals surface area (Å²) >= 11 is 2.73. The van der Waals surface area contributed by atoms with Crippen LogP contribution in [0.2, 0.25) is 0 Å². The minimum atomic E-state index is -0.624. The van der Waals surface area contributed by atoms with Crippen molar-refractivity contribution in [2.75, 3.05) is 5.32 Å². The highest BCUT2D eigenvalue weighted by Gasteiger charge is 2.17. The molecule has 3 aromatic rings. The molecule has 0 saturated heterocycles. The largest absolute Gasteiger partial charge is 0.481 e. The Balaban J connectivity index is 1.63. The van der Waals surface area contributed by atoms with Gasteiger partial charge in [0.25, 0.3) is 5.91 Å².